The molecule has 0 spiro atoms. The third-order valence-corrected chi connectivity index (χ3v) is 3.13. The summed E-state index contributed by atoms with van der Waals surface area (Å²) in [6.45, 7) is 6.52. The highest BCUT2D eigenvalue weighted by Gasteiger charge is 2.22. The molecule has 0 amide bonds. The fourth-order valence-electron chi connectivity index (χ4n) is 2.42. The largest absolute Gasteiger partial charge is 0.388 e. The zero-order valence-electron chi connectivity index (χ0n) is 12.0. The summed E-state index contributed by atoms with van der Waals surface area (Å²) in [6.07, 6.45) is 4.27. The topological polar surface area (TPSA) is 63.0 Å². The number of hydrogen-bond acceptors (Lipinski definition) is 4. The monoisotopic (exact) mass is 262 g/mol. The Morgan fingerprint density at radius 3 is 2.84 bits per heavy atom. The van der Waals surface area contributed by atoms with E-state index in [1.54, 1.807) is 12.5 Å². The van der Waals surface area contributed by atoms with E-state index in [2.05, 4.69) is 29.1 Å². The maximum atomic E-state index is 10.3. The normalized spacial score (nSPS) is 14.8. The van der Waals surface area contributed by atoms with Crippen LogP contribution in [0.5, 0.6) is 0 Å². The fraction of sp³-hybridized carbons (Fsp3) is 0.571. The van der Waals surface area contributed by atoms with E-state index >= 15 is 0 Å². The quantitative estimate of drug-likeness (QED) is 0.867. The third-order valence-electron chi connectivity index (χ3n) is 3.13. The lowest BCUT2D eigenvalue weighted by molar-refractivity contribution is 0.0515. The molecule has 2 aromatic rings. The van der Waals surface area contributed by atoms with Crippen molar-refractivity contribution < 1.29 is 5.11 Å². The molecule has 0 radical (unpaired) electrons. The molecular formula is C14H22N4O. The molecule has 5 heteroatoms. The first kappa shape index (κ1) is 13.8. The fourth-order valence-corrected chi connectivity index (χ4v) is 2.42. The van der Waals surface area contributed by atoms with E-state index in [1.165, 1.54) is 0 Å². The van der Waals surface area contributed by atoms with E-state index in [1.807, 2.05) is 24.6 Å². The number of aliphatic hydroxyl groups is 1. The van der Waals surface area contributed by atoms with Gasteiger partial charge >= 0.3 is 0 Å². The second kappa shape index (κ2) is 5.17. The van der Waals surface area contributed by atoms with E-state index in [0.717, 1.165) is 23.3 Å². The summed E-state index contributed by atoms with van der Waals surface area (Å²) in [5, 5.41) is 13.5. The highest BCUT2D eigenvalue weighted by atomic mass is 16.3. The Kier molecular flexibility index (Phi) is 3.75. The Labute approximate surface area is 113 Å². The van der Waals surface area contributed by atoms with Gasteiger partial charge in [0.05, 0.1) is 17.4 Å². The molecule has 2 rings (SSSR count). The minimum atomic E-state index is -0.743. The van der Waals surface area contributed by atoms with Crippen LogP contribution in [-0.2, 0) is 7.05 Å². The van der Waals surface area contributed by atoms with Crippen LogP contribution in [0.25, 0.3) is 11.0 Å². The van der Waals surface area contributed by atoms with Crippen LogP contribution in [0.4, 0.5) is 5.82 Å². The highest BCUT2D eigenvalue weighted by molar-refractivity contribution is 5.85. The van der Waals surface area contributed by atoms with Gasteiger partial charge in [-0.15, -0.1) is 0 Å². The van der Waals surface area contributed by atoms with Gasteiger partial charge in [0.25, 0.3) is 0 Å². The van der Waals surface area contributed by atoms with Crippen molar-refractivity contribution in [2.24, 2.45) is 13.0 Å². The van der Waals surface area contributed by atoms with E-state index in [9.17, 15) is 5.11 Å². The standard InChI is InChI=1S/C14H22N4O/c1-10(2)7-14(3,19)8-16-13-12-11(5-6-15-13)18(4)9-17-12/h5-6,9-10,19H,7-8H2,1-4H3,(H,15,16). The summed E-state index contributed by atoms with van der Waals surface area (Å²) in [4.78, 5) is 8.64. The third kappa shape index (κ3) is 3.23. The molecule has 0 aliphatic heterocycles. The van der Waals surface area contributed by atoms with Gasteiger partial charge in [-0.2, -0.15) is 0 Å². The first-order valence-corrected chi connectivity index (χ1v) is 6.61. The molecule has 1 atom stereocenters. The number of aromatic nitrogens is 3. The van der Waals surface area contributed by atoms with Crippen LogP contribution in [0.2, 0.25) is 0 Å². The number of anilines is 1. The second-order valence-electron chi connectivity index (χ2n) is 5.83. The molecule has 2 aromatic heterocycles. The summed E-state index contributed by atoms with van der Waals surface area (Å²) < 4.78 is 1.95. The summed E-state index contributed by atoms with van der Waals surface area (Å²) in [5.41, 5.74) is 1.12. The number of fused-ring (bicyclic) bond motifs is 1. The van der Waals surface area contributed by atoms with Gasteiger partial charge in [-0.3, -0.25) is 0 Å². The lowest BCUT2D eigenvalue weighted by atomic mass is 9.94. The molecule has 104 valence electrons. The Morgan fingerprint density at radius 1 is 1.42 bits per heavy atom. The van der Waals surface area contributed by atoms with Crippen LogP contribution in [0, 0.1) is 5.92 Å². The number of imidazole rings is 1. The number of pyridine rings is 1. The van der Waals surface area contributed by atoms with Crippen molar-refractivity contribution in [3.63, 3.8) is 0 Å². The summed E-state index contributed by atoms with van der Waals surface area (Å²) in [6, 6.07) is 1.93. The molecule has 0 aromatic carbocycles. The minimum Gasteiger partial charge on any atom is -0.388 e. The molecule has 1 unspecified atom stereocenters. The lowest BCUT2D eigenvalue weighted by Crippen LogP contribution is -2.35. The molecular weight excluding hydrogens is 240 g/mol. The molecule has 0 bridgehead atoms. The number of hydrogen-bond donors (Lipinski definition) is 2. The van der Waals surface area contributed by atoms with Gasteiger partial charge in [-0.05, 0) is 25.3 Å². The van der Waals surface area contributed by atoms with Gasteiger partial charge in [-0.1, -0.05) is 13.8 Å². The van der Waals surface area contributed by atoms with Crippen molar-refractivity contribution in [3.05, 3.63) is 18.6 Å². The van der Waals surface area contributed by atoms with Crippen LogP contribution in [-0.4, -0.2) is 31.8 Å². The molecule has 5 nitrogen and oxygen atoms in total. The highest BCUT2D eigenvalue weighted by Crippen LogP contribution is 2.21. The number of rotatable bonds is 5. The zero-order chi connectivity index (χ0) is 14.0. The number of nitrogens with one attached hydrogen (secondary N) is 1. The van der Waals surface area contributed by atoms with E-state index < -0.39 is 5.60 Å². The lowest BCUT2D eigenvalue weighted by Gasteiger charge is -2.25. The van der Waals surface area contributed by atoms with Crippen molar-refractivity contribution in [3.8, 4) is 0 Å². The van der Waals surface area contributed by atoms with Crippen LogP contribution in [0.15, 0.2) is 18.6 Å². The van der Waals surface area contributed by atoms with Crippen molar-refractivity contribution in [2.45, 2.75) is 32.8 Å². The Hall–Kier alpha value is -1.62. The number of aryl methyl sites for hydroxylation is 1. The number of nitrogens with zero attached hydrogens (tertiary/aromatic N) is 3. The van der Waals surface area contributed by atoms with Gasteiger partial charge < -0.3 is 15.0 Å². The molecule has 0 saturated heterocycles. The van der Waals surface area contributed by atoms with Crippen LogP contribution >= 0.6 is 0 Å². The predicted octanol–water partition coefficient (Wildman–Crippen LogP) is 2.18. The van der Waals surface area contributed by atoms with E-state index in [4.69, 9.17) is 0 Å². The van der Waals surface area contributed by atoms with Crippen molar-refractivity contribution in [1.82, 2.24) is 14.5 Å². The molecule has 0 saturated carbocycles. The van der Waals surface area contributed by atoms with Crippen LogP contribution in [0.1, 0.15) is 27.2 Å². The second-order valence-corrected chi connectivity index (χ2v) is 5.83. The van der Waals surface area contributed by atoms with E-state index in [-0.39, 0.29) is 0 Å². The summed E-state index contributed by atoms with van der Waals surface area (Å²) in [7, 11) is 1.95. The van der Waals surface area contributed by atoms with Gasteiger partial charge in [0.2, 0.25) is 0 Å². The smallest absolute Gasteiger partial charge is 0.154 e. The van der Waals surface area contributed by atoms with Crippen LogP contribution < -0.4 is 5.32 Å². The summed E-state index contributed by atoms with van der Waals surface area (Å²) in [5.74, 6) is 1.18. The predicted molar refractivity (Wildman–Crippen MR) is 77.1 cm³/mol. The Balaban J connectivity index is 2.14. The van der Waals surface area contributed by atoms with Crippen molar-refractivity contribution >= 4 is 16.9 Å². The Bertz CT molecular complexity index is 560. The molecule has 0 fully saturated rings. The average molecular weight is 262 g/mol. The van der Waals surface area contributed by atoms with Crippen LogP contribution in [0.3, 0.4) is 0 Å². The van der Waals surface area contributed by atoms with Gasteiger partial charge in [-0.25, -0.2) is 9.97 Å². The van der Waals surface area contributed by atoms with Crippen molar-refractivity contribution in [1.29, 1.82) is 0 Å². The molecule has 19 heavy (non-hydrogen) atoms. The van der Waals surface area contributed by atoms with E-state index in [0.29, 0.717) is 12.5 Å². The van der Waals surface area contributed by atoms with Gasteiger partial charge in [0, 0.05) is 19.8 Å². The van der Waals surface area contributed by atoms with Gasteiger partial charge in [0.15, 0.2) is 5.82 Å². The minimum absolute atomic E-state index is 0.454. The average Bonchev–Trinajstić information content (AvgIpc) is 2.68. The molecule has 2 heterocycles. The molecule has 0 aliphatic carbocycles. The first-order valence-electron chi connectivity index (χ1n) is 6.61. The Morgan fingerprint density at radius 2 is 2.16 bits per heavy atom. The zero-order valence-corrected chi connectivity index (χ0v) is 12.0. The maximum absolute atomic E-state index is 10.3. The van der Waals surface area contributed by atoms with Crippen molar-refractivity contribution in [2.75, 3.05) is 11.9 Å². The molecule has 2 N–H and O–H groups in total. The summed E-state index contributed by atoms with van der Waals surface area (Å²) >= 11 is 0. The maximum Gasteiger partial charge on any atom is 0.154 e. The van der Waals surface area contributed by atoms with Gasteiger partial charge in [0.1, 0.15) is 5.52 Å². The first-order chi connectivity index (χ1) is 8.89. The molecule has 0 aliphatic rings. The SMILES string of the molecule is CC(C)CC(C)(O)CNc1nccc2c1ncn2C.